The molecule has 6 heteroatoms. The van der Waals surface area contributed by atoms with Crippen LogP contribution in [0.4, 0.5) is 0 Å². The van der Waals surface area contributed by atoms with Gasteiger partial charge in [-0.2, -0.15) is 5.10 Å². The first-order valence-electron chi connectivity index (χ1n) is 5.79. The molecule has 6 nitrogen and oxygen atoms in total. The summed E-state index contributed by atoms with van der Waals surface area (Å²) in [6, 6.07) is 1.80. The van der Waals surface area contributed by atoms with E-state index >= 15 is 0 Å². The van der Waals surface area contributed by atoms with Gasteiger partial charge in [-0.1, -0.05) is 0 Å². The highest BCUT2D eigenvalue weighted by Gasteiger charge is 2.14. The minimum atomic E-state index is -0.0737. The molecule has 0 unspecified atom stereocenters. The summed E-state index contributed by atoms with van der Waals surface area (Å²) in [6.07, 6.45) is 3.26. The summed E-state index contributed by atoms with van der Waals surface area (Å²) >= 11 is 0. The Morgan fingerprint density at radius 3 is 2.83 bits per heavy atom. The molecule has 0 saturated heterocycles. The monoisotopic (exact) mass is 245 g/mol. The van der Waals surface area contributed by atoms with Crippen LogP contribution in [0.15, 0.2) is 18.6 Å². The zero-order valence-corrected chi connectivity index (χ0v) is 10.7. The molecule has 0 radical (unpaired) electrons. The topological polar surface area (TPSA) is 73.6 Å². The van der Waals surface area contributed by atoms with Gasteiger partial charge >= 0.3 is 0 Å². The lowest BCUT2D eigenvalue weighted by Gasteiger charge is -2.08. The van der Waals surface area contributed by atoms with Gasteiger partial charge in [-0.25, -0.2) is 19.6 Å². The second-order valence-corrected chi connectivity index (χ2v) is 4.30. The Balaban J connectivity index is 2.19. The number of ketones is 1. The summed E-state index contributed by atoms with van der Waals surface area (Å²) in [5, 5.41) is 4.10. The normalized spacial score (nSPS) is 10.9. The van der Waals surface area contributed by atoms with Gasteiger partial charge in [0, 0.05) is 12.2 Å². The first-order chi connectivity index (χ1) is 8.58. The molecule has 0 saturated carbocycles. The van der Waals surface area contributed by atoms with Crippen LogP contribution >= 0.6 is 0 Å². The molecule has 0 atom stereocenters. The fourth-order valence-corrected chi connectivity index (χ4v) is 1.68. The highest BCUT2D eigenvalue weighted by molar-refractivity contribution is 5.95. The third-order valence-corrected chi connectivity index (χ3v) is 2.52. The number of rotatable bonds is 4. The van der Waals surface area contributed by atoms with Crippen LogP contribution in [0.2, 0.25) is 0 Å². The van der Waals surface area contributed by atoms with Gasteiger partial charge in [0.05, 0.1) is 6.42 Å². The number of carbonyl (C=O) groups is 1. The van der Waals surface area contributed by atoms with E-state index in [1.54, 1.807) is 23.9 Å². The van der Waals surface area contributed by atoms with Crippen molar-refractivity contribution >= 4 is 5.78 Å². The Hall–Kier alpha value is -2.11. The molecule has 2 heterocycles. The van der Waals surface area contributed by atoms with Crippen LogP contribution in [-0.4, -0.2) is 30.5 Å². The second-order valence-electron chi connectivity index (χ2n) is 4.30. The summed E-state index contributed by atoms with van der Waals surface area (Å²) in [4.78, 5) is 24.3. The highest BCUT2D eigenvalue weighted by atomic mass is 16.1. The molecule has 0 spiro atoms. The van der Waals surface area contributed by atoms with Crippen LogP contribution in [0.25, 0.3) is 0 Å². The Labute approximate surface area is 105 Å². The number of hydrogen-bond donors (Lipinski definition) is 0. The second kappa shape index (κ2) is 5.03. The van der Waals surface area contributed by atoms with Gasteiger partial charge in [-0.3, -0.25) is 4.79 Å². The van der Waals surface area contributed by atoms with E-state index in [-0.39, 0.29) is 18.2 Å². The van der Waals surface area contributed by atoms with Gasteiger partial charge < -0.3 is 0 Å². The molecule has 18 heavy (non-hydrogen) atoms. The van der Waals surface area contributed by atoms with Crippen LogP contribution in [0.5, 0.6) is 0 Å². The lowest BCUT2D eigenvalue weighted by atomic mass is 10.2. The predicted molar refractivity (Wildman–Crippen MR) is 65.2 cm³/mol. The first kappa shape index (κ1) is 12.3. The van der Waals surface area contributed by atoms with Crippen molar-refractivity contribution in [3.63, 3.8) is 0 Å². The van der Waals surface area contributed by atoms with Gasteiger partial charge in [0.25, 0.3) is 0 Å². The number of aromatic nitrogens is 5. The predicted octanol–water partition coefficient (Wildman–Crippen LogP) is 1.38. The Morgan fingerprint density at radius 1 is 1.39 bits per heavy atom. The van der Waals surface area contributed by atoms with Crippen molar-refractivity contribution in [3.8, 4) is 0 Å². The minimum Gasteiger partial charge on any atom is -0.292 e. The van der Waals surface area contributed by atoms with E-state index in [2.05, 4.69) is 20.1 Å². The SMILES string of the molecule is Cc1nccc(C(=O)Cc2ncnn2C(C)C)n1. The number of hydrogen-bond acceptors (Lipinski definition) is 5. The fourth-order valence-electron chi connectivity index (χ4n) is 1.68. The van der Waals surface area contributed by atoms with Crippen molar-refractivity contribution in [1.82, 2.24) is 24.7 Å². The van der Waals surface area contributed by atoms with E-state index in [0.29, 0.717) is 17.3 Å². The molecule has 0 aliphatic carbocycles. The average molecular weight is 245 g/mol. The van der Waals surface area contributed by atoms with Crippen LogP contribution < -0.4 is 0 Å². The summed E-state index contributed by atoms with van der Waals surface area (Å²) in [7, 11) is 0. The molecule has 0 amide bonds. The van der Waals surface area contributed by atoms with Gasteiger partial charge in [0.1, 0.15) is 23.7 Å². The number of aryl methyl sites for hydroxylation is 1. The zero-order chi connectivity index (χ0) is 13.1. The molecule has 0 aliphatic heterocycles. The van der Waals surface area contributed by atoms with Gasteiger partial charge in [0.15, 0.2) is 5.78 Å². The van der Waals surface area contributed by atoms with E-state index in [9.17, 15) is 4.79 Å². The van der Waals surface area contributed by atoms with Crippen LogP contribution in [0, 0.1) is 6.92 Å². The molecule has 2 rings (SSSR count). The van der Waals surface area contributed by atoms with E-state index in [0.717, 1.165) is 0 Å². The van der Waals surface area contributed by atoms with Crippen LogP contribution in [0.1, 0.15) is 42.0 Å². The lowest BCUT2D eigenvalue weighted by Crippen LogP contribution is -2.14. The summed E-state index contributed by atoms with van der Waals surface area (Å²) in [6.45, 7) is 5.75. The highest BCUT2D eigenvalue weighted by Crippen LogP contribution is 2.08. The maximum absolute atomic E-state index is 12.1. The van der Waals surface area contributed by atoms with E-state index in [1.165, 1.54) is 6.33 Å². The molecule has 94 valence electrons. The van der Waals surface area contributed by atoms with E-state index in [4.69, 9.17) is 0 Å². The van der Waals surface area contributed by atoms with Crippen molar-refractivity contribution in [2.45, 2.75) is 33.2 Å². The van der Waals surface area contributed by atoms with Crippen molar-refractivity contribution < 1.29 is 4.79 Å². The van der Waals surface area contributed by atoms with E-state index < -0.39 is 0 Å². The van der Waals surface area contributed by atoms with Crippen LogP contribution in [-0.2, 0) is 6.42 Å². The zero-order valence-electron chi connectivity index (χ0n) is 10.7. The van der Waals surface area contributed by atoms with Crippen LogP contribution in [0.3, 0.4) is 0 Å². The molecule has 2 aromatic heterocycles. The molecule has 0 fully saturated rings. The molecular weight excluding hydrogens is 230 g/mol. The fraction of sp³-hybridized carbons (Fsp3) is 0.417. The minimum absolute atomic E-state index is 0.0737. The number of nitrogens with zero attached hydrogens (tertiary/aromatic N) is 5. The average Bonchev–Trinajstić information content (AvgIpc) is 2.77. The third kappa shape index (κ3) is 2.58. The Kier molecular flexibility index (Phi) is 3.45. The first-order valence-corrected chi connectivity index (χ1v) is 5.79. The van der Waals surface area contributed by atoms with Crippen molar-refractivity contribution in [1.29, 1.82) is 0 Å². The standard InChI is InChI=1S/C12H15N5O/c1-8(2)17-12(14-7-15-17)6-11(18)10-4-5-13-9(3)16-10/h4-5,7-8H,6H2,1-3H3. The smallest absolute Gasteiger partial charge is 0.188 e. The number of carbonyl (C=O) groups excluding carboxylic acids is 1. The maximum Gasteiger partial charge on any atom is 0.188 e. The Bertz CT molecular complexity index is 561. The van der Waals surface area contributed by atoms with Gasteiger partial charge in [-0.15, -0.1) is 0 Å². The summed E-state index contributed by atoms with van der Waals surface area (Å²) < 4.78 is 1.74. The third-order valence-electron chi connectivity index (χ3n) is 2.52. The molecule has 0 aliphatic rings. The molecule has 0 bridgehead atoms. The largest absolute Gasteiger partial charge is 0.292 e. The van der Waals surface area contributed by atoms with E-state index in [1.807, 2.05) is 13.8 Å². The van der Waals surface area contributed by atoms with Crippen molar-refractivity contribution in [2.75, 3.05) is 0 Å². The lowest BCUT2D eigenvalue weighted by molar-refractivity contribution is 0.0984. The maximum atomic E-state index is 12.1. The Morgan fingerprint density at radius 2 is 2.17 bits per heavy atom. The van der Waals surface area contributed by atoms with Crippen molar-refractivity contribution in [3.05, 3.63) is 35.9 Å². The summed E-state index contributed by atoms with van der Waals surface area (Å²) in [5.41, 5.74) is 0.417. The van der Waals surface area contributed by atoms with Gasteiger partial charge in [-0.05, 0) is 26.8 Å². The molecule has 2 aromatic rings. The molecule has 0 N–H and O–H groups in total. The van der Waals surface area contributed by atoms with Gasteiger partial charge in [0.2, 0.25) is 0 Å². The quantitative estimate of drug-likeness (QED) is 0.761. The van der Waals surface area contributed by atoms with Crippen molar-refractivity contribution in [2.24, 2.45) is 0 Å². The molecular formula is C12H15N5O. The summed E-state index contributed by atoms with van der Waals surface area (Å²) in [5.74, 6) is 1.17. The number of Topliss-reactive ketones (excluding diaryl/α,β-unsaturated/α-hetero) is 1. The molecule has 0 aromatic carbocycles.